The third-order valence-electron chi connectivity index (χ3n) is 2.77. The van der Waals surface area contributed by atoms with E-state index in [9.17, 15) is 0 Å². The predicted octanol–water partition coefficient (Wildman–Crippen LogP) is 4.18. The van der Waals surface area contributed by atoms with Gasteiger partial charge in [-0.25, -0.2) is 9.97 Å². The van der Waals surface area contributed by atoms with Crippen molar-refractivity contribution in [2.45, 2.75) is 36.6 Å². The Morgan fingerprint density at radius 1 is 1.16 bits per heavy atom. The molecule has 3 nitrogen and oxygen atoms in total. The molecule has 0 amide bonds. The van der Waals surface area contributed by atoms with Crippen molar-refractivity contribution in [1.82, 2.24) is 9.97 Å². The van der Waals surface area contributed by atoms with Gasteiger partial charge in [0.05, 0.1) is 0 Å². The molecule has 1 aromatic carbocycles. The minimum atomic E-state index is 0.568. The summed E-state index contributed by atoms with van der Waals surface area (Å²) in [6.45, 7) is 7.33. The van der Waals surface area contributed by atoms with Crippen LogP contribution in [0.15, 0.2) is 46.6 Å². The van der Waals surface area contributed by atoms with Crippen LogP contribution in [0.25, 0.3) is 0 Å². The Labute approximate surface area is 118 Å². The van der Waals surface area contributed by atoms with Gasteiger partial charge in [0.2, 0.25) is 0 Å². The maximum atomic E-state index is 4.29. The first kappa shape index (κ1) is 13.9. The van der Waals surface area contributed by atoms with Crippen LogP contribution in [0.4, 0.5) is 5.82 Å². The first-order valence-corrected chi connectivity index (χ1v) is 7.34. The van der Waals surface area contributed by atoms with Gasteiger partial charge in [0.15, 0.2) is 0 Å². The van der Waals surface area contributed by atoms with Crippen molar-refractivity contribution in [3.8, 4) is 0 Å². The average molecular weight is 273 g/mol. The first-order chi connectivity index (χ1) is 9.19. The fourth-order valence-electron chi connectivity index (χ4n) is 1.71. The van der Waals surface area contributed by atoms with Crippen molar-refractivity contribution in [1.29, 1.82) is 0 Å². The number of anilines is 1. The molecule has 2 aromatic rings. The second-order valence-corrected chi connectivity index (χ2v) is 5.69. The van der Waals surface area contributed by atoms with Crippen LogP contribution < -0.4 is 5.32 Å². The Balaban J connectivity index is 2.10. The molecule has 0 aliphatic heterocycles. The summed E-state index contributed by atoms with van der Waals surface area (Å²) in [5.74, 6) is 1.44. The highest BCUT2D eigenvalue weighted by molar-refractivity contribution is 7.99. The lowest BCUT2D eigenvalue weighted by Gasteiger charge is -2.07. The second-order valence-electron chi connectivity index (χ2n) is 4.60. The van der Waals surface area contributed by atoms with Crippen LogP contribution in [0.1, 0.15) is 32.3 Å². The van der Waals surface area contributed by atoms with Crippen LogP contribution in [0.2, 0.25) is 0 Å². The highest BCUT2D eigenvalue weighted by Crippen LogP contribution is 2.28. The number of hydrogen-bond acceptors (Lipinski definition) is 4. The van der Waals surface area contributed by atoms with Gasteiger partial charge in [0.25, 0.3) is 0 Å². The average Bonchev–Trinajstić information content (AvgIpc) is 2.40. The zero-order chi connectivity index (χ0) is 13.7. The molecule has 0 spiro atoms. The zero-order valence-electron chi connectivity index (χ0n) is 11.6. The van der Waals surface area contributed by atoms with E-state index in [1.165, 1.54) is 10.5 Å². The molecule has 0 saturated carbocycles. The number of nitrogens with one attached hydrogen (secondary N) is 1. The highest BCUT2D eigenvalue weighted by Gasteiger charge is 2.03. The Kier molecular flexibility index (Phi) is 4.80. The van der Waals surface area contributed by atoms with Gasteiger partial charge in [-0.05, 0) is 30.5 Å². The molecule has 100 valence electrons. The Morgan fingerprint density at radius 2 is 1.89 bits per heavy atom. The van der Waals surface area contributed by atoms with Gasteiger partial charge in [-0.15, -0.1) is 0 Å². The summed E-state index contributed by atoms with van der Waals surface area (Å²) in [6.07, 6.45) is 1.60. The summed E-state index contributed by atoms with van der Waals surface area (Å²) in [5, 5.41) is 4.15. The lowest BCUT2D eigenvalue weighted by Crippen LogP contribution is -1.99. The van der Waals surface area contributed by atoms with Gasteiger partial charge < -0.3 is 5.32 Å². The van der Waals surface area contributed by atoms with Crippen molar-refractivity contribution in [3.05, 3.63) is 42.2 Å². The number of benzene rings is 1. The van der Waals surface area contributed by atoms with E-state index in [1.807, 2.05) is 6.07 Å². The largest absolute Gasteiger partial charge is 0.370 e. The van der Waals surface area contributed by atoms with Crippen molar-refractivity contribution < 1.29 is 0 Å². The smallest absolute Gasteiger partial charge is 0.130 e. The van der Waals surface area contributed by atoms with E-state index in [2.05, 4.69) is 60.3 Å². The maximum Gasteiger partial charge on any atom is 0.130 e. The third-order valence-corrected chi connectivity index (χ3v) is 3.71. The molecule has 1 aromatic heterocycles. The summed E-state index contributed by atoms with van der Waals surface area (Å²) >= 11 is 1.66. The van der Waals surface area contributed by atoms with Crippen molar-refractivity contribution in [2.24, 2.45) is 0 Å². The molecule has 0 aliphatic rings. The monoisotopic (exact) mass is 273 g/mol. The van der Waals surface area contributed by atoms with E-state index in [-0.39, 0.29) is 0 Å². The van der Waals surface area contributed by atoms with Gasteiger partial charge in [-0.3, -0.25) is 0 Å². The van der Waals surface area contributed by atoms with Crippen molar-refractivity contribution in [2.75, 3.05) is 11.9 Å². The van der Waals surface area contributed by atoms with Crippen molar-refractivity contribution in [3.63, 3.8) is 0 Å². The highest BCUT2D eigenvalue weighted by atomic mass is 32.2. The SMILES string of the molecule is CCNc1cc(Sc2ccc(C(C)C)cc2)ncn1. The van der Waals surface area contributed by atoms with Crippen LogP contribution in [-0.2, 0) is 0 Å². The molecule has 0 fully saturated rings. The Morgan fingerprint density at radius 3 is 2.53 bits per heavy atom. The van der Waals surface area contributed by atoms with E-state index in [4.69, 9.17) is 0 Å². The molecular weight excluding hydrogens is 254 g/mol. The first-order valence-electron chi connectivity index (χ1n) is 6.52. The minimum Gasteiger partial charge on any atom is -0.370 e. The normalized spacial score (nSPS) is 10.7. The van der Waals surface area contributed by atoms with Crippen LogP contribution >= 0.6 is 11.8 Å². The molecule has 1 heterocycles. The van der Waals surface area contributed by atoms with Crippen LogP contribution in [0.5, 0.6) is 0 Å². The summed E-state index contributed by atoms with van der Waals surface area (Å²) < 4.78 is 0. The molecule has 0 saturated heterocycles. The fourth-order valence-corrected chi connectivity index (χ4v) is 2.50. The molecule has 19 heavy (non-hydrogen) atoms. The quantitative estimate of drug-likeness (QED) is 0.829. The molecule has 0 unspecified atom stereocenters. The lowest BCUT2D eigenvalue weighted by molar-refractivity contribution is 0.865. The summed E-state index contributed by atoms with van der Waals surface area (Å²) in [6, 6.07) is 10.6. The number of aromatic nitrogens is 2. The molecule has 0 bridgehead atoms. The van der Waals surface area contributed by atoms with E-state index in [0.717, 1.165) is 17.4 Å². The van der Waals surface area contributed by atoms with Gasteiger partial charge in [0.1, 0.15) is 17.2 Å². The van der Waals surface area contributed by atoms with Crippen LogP contribution in [0.3, 0.4) is 0 Å². The predicted molar refractivity (Wildman–Crippen MR) is 80.8 cm³/mol. The van der Waals surface area contributed by atoms with Gasteiger partial charge >= 0.3 is 0 Å². The second kappa shape index (κ2) is 6.57. The van der Waals surface area contributed by atoms with E-state index in [1.54, 1.807) is 18.1 Å². The van der Waals surface area contributed by atoms with E-state index >= 15 is 0 Å². The summed E-state index contributed by atoms with van der Waals surface area (Å²) in [4.78, 5) is 9.66. The maximum absolute atomic E-state index is 4.29. The van der Waals surface area contributed by atoms with Crippen molar-refractivity contribution >= 4 is 17.6 Å². The topological polar surface area (TPSA) is 37.8 Å². The van der Waals surface area contributed by atoms with Gasteiger partial charge in [-0.1, -0.05) is 37.7 Å². The van der Waals surface area contributed by atoms with Gasteiger partial charge in [-0.2, -0.15) is 0 Å². The van der Waals surface area contributed by atoms with Crippen LogP contribution in [0, 0.1) is 0 Å². The minimum absolute atomic E-state index is 0.568. The van der Waals surface area contributed by atoms with Gasteiger partial charge in [0, 0.05) is 17.5 Å². The molecule has 0 aliphatic carbocycles. The zero-order valence-corrected chi connectivity index (χ0v) is 12.4. The standard InChI is InChI=1S/C15H19N3S/c1-4-16-14-9-15(18-10-17-14)19-13-7-5-12(6-8-13)11(2)3/h5-11H,4H2,1-3H3,(H,16,17,18). The van der Waals surface area contributed by atoms with E-state index < -0.39 is 0 Å². The molecule has 2 rings (SSSR count). The molecule has 0 radical (unpaired) electrons. The summed E-state index contributed by atoms with van der Waals surface area (Å²) in [7, 11) is 0. The Bertz CT molecular complexity index is 523. The van der Waals surface area contributed by atoms with E-state index in [0.29, 0.717) is 5.92 Å². The number of rotatable bonds is 5. The lowest BCUT2D eigenvalue weighted by atomic mass is 10.0. The molecule has 1 N–H and O–H groups in total. The molecule has 4 heteroatoms. The fraction of sp³-hybridized carbons (Fsp3) is 0.333. The number of hydrogen-bond donors (Lipinski definition) is 1. The third kappa shape index (κ3) is 3.96. The van der Waals surface area contributed by atoms with Crippen LogP contribution in [-0.4, -0.2) is 16.5 Å². The molecular formula is C15H19N3S. The Hall–Kier alpha value is -1.55. The number of nitrogens with zero attached hydrogens (tertiary/aromatic N) is 2. The molecule has 0 atom stereocenters. The summed E-state index contributed by atoms with van der Waals surface area (Å²) in [5.41, 5.74) is 1.36.